The maximum absolute atomic E-state index is 11.7. The van der Waals surface area contributed by atoms with Crippen LogP contribution in [0.5, 0.6) is 0 Å². The van der Waals surface area contributed by atoms with Gasteiger partial charge in [-0.25, -0.2) is 9.78 Å². The first-order chi connectivity index (χ1) is 6.91. The van der Waals surface area contributed by atoms with Gasteiger partial charge in [-0.05, 0) is 38.5 Å². The number of alkyl halides is 2. The molecule has 0 atom stereocenters. The van der Waals surface area contributed by atoms with Gasteiger partial charge in [-0.15, -0.1) is 11.6 Å². The highest BCUT2D eigenvalue weighted by molar-refractivity contribution is 6.17. The van der Waals surface area contributed by atoms with Crippen LogP contribution in [0, 0.1) is 0 Å². The van der Waals surface area contributed by atoms with Gasteiger partial charge in [0.25, 0.3) is 0 Å². The van der Waals surface area contributed by atoms with Crippen molar-refractivity contribution >= 4 is 11.6 Å². The molecule has 0 saturated heterocycles. The zero-order valence-corrected chi connectivity index (χ0v) is 9.40. The van der Waals surface area contributed by atoms with Crippen molar-refractivity contribution in [2.45, 2.75) is 38.5 Å². The second-order valence-corrected chi connectivity index (χ2v) is 3.52. The van der Waals surface area contributed by atoms with E-state index in [2.05, 4.69) is 0 Å². The van der Waals surface area contributed by atoms with Crippen molar-refractivity contribution in [3.05, 3.63) is 0 Å². The van der Waals surface area contributed by atoms with E-state index in [1.807, 2.05) is 0 Å². The van der Waals surface area contributed by atoms with Crippen molar-refractivity contribution in [1.29, 1.82) is 0 Å². The monoisotopic (exact) mass is 226 g/mol. The molecule has 0 bridgehead atoms. The molecule has 0 amide bonds. The lowest BCUT2D eigenvalue weighted by atomic mass is 10.3. The zero-order chi connectivity index (χ0) is 10.5. The Labute approximate surface area is 90.6 Å². The molecule has 0 aromatic heterocycles. The second kappa shape index (κ2) is 13.1. The molecule has 0 spiro atoms. The minimum Gasteiger partial charge on any atom is -0.251 e. The Bertz CT molecular complexity index is 92.1. The Kier molecular flexibility index (Phi) is 13.3. The highest BCUT2D eigenvalue weighted by Crippen LogP contribution is 1.99. The van der Waals surface area contributed by atoms with Crippen LogP contribution in [0.1, 0.15) is 38.5 Å². The topological polar surface area (TPSA) is 18.5 Å². The molecule has 0 aliphatic rings. The van der Waals surface area contributed by atoms with Crippen molar-refractivity contribution in [1.82, 2.24) is 0 Å². The van der Waals surface area contributed by atoms with E-state index in [1.54, 1.807) is 0 Å². The highest BCUT2D eigenvalue weighted by Gasteiger charge is 1.92. The van der Waals surface area contributed by atoms with Crippen LogP contribution in [-0.2, 0) is 9.78 Å². The van der Waals surface area contributed by atoms with Crippen LogP contribution in [0.25, 0.3) is 0 Å². The summed E-state index contributed by atoms with van der Waals surface area (Å²) in [5.41, 5.74) is 0. The van der Waals surface area contributed by atoms with Gasteiger partial charge >= 0.3 is 0 Å². The van der Waals surface area contributed by atoms with Crippen molar-refractivity contribution in [3.63, 3.8) is 0 Å². The first kappa shape index (κ1) is 14.1. The molecule has 4 heteroatoms. The fourth-order valence-corrected chi connectivity index (χ4v) is 1.17. The third-order valence-corrected chi connectivity index (χ3v) is 2.07. The van der Waals surface area contributed by atoms with Crippen LogP contribution in [-0.4, -0.2) is 25.8 Å². The molecular weight excluding hydrogens is 207 g/mol. The predicted molar refractivity (Wildman–Crippen MR) is 56.3 cm³/mol. The van der Waals surface area contributed by atoms with E-state index in [9.17, 15) is 4.39 Å². The van der Waals surface area contributed by atoms with E-state index in [0.29, 0.717) is 25.5 Å². The SMILES string of the molecule is FCCCCCOOCCCCCCl. The molecule has 0 heterocycles. The molecule has 0 fully saturated rings. The van der Waals surface area contributed by atoms with Crippen LogP contribution < -0.4 is 0 Å². The second-order valence-electron chi connectivity index (χ2n) is 3.14. The molecule has 0 saturated carbocycles. The van der Waals surface area contributed by atoms with Gasteiger partial charge in [-0.2, -0.15) is 0 Å². The molecule has 86 valence electrons. The Morgan fingerprint density at radius 2 is 1.36 bits per heavy atom. The summed E-state index contributed by atoms with van der Waals surface area (Å²) in [6.07, 6.45) is 5.45. The summed E-state index contributed by atoms with van der Waals surface area (Å²) in [4.78, 5) is 9.83. The third-order valence-electron chi connectivity index (χ3n) is 1.81. The van der Waals surface area contributed by atoms with Gasteiger partial charge in [0.05, 0.1) is 19.9 Å². The Morgan fingerprint density at radius 1 is 0.786 bits per heavy atom. The van der Waals surface area contributed by atoms with Crippen molar-refractivity contribution in [2.24, 2.45) is 0 Å². The number of unbranched alkanes of at least 4 members (excludes halogenated alkanes) is 4. The van der Waals surface area contributed by atoms with Gasteiger partial charge in [-0.3, -0.25) is 4.39 Å². The van der Waals surface area contributed by atoms with Crippen LogP contribution in [0.15, 0.2) is 0 Å². The fraction of sp³-hybridized carbons (Fsp3) is 1.00. The van der Waals surface area contributed by atoms with E-state index >= 15 is 0 Å². The summed E-state index contributed by atoms with van der Waals surface area (Å²) >= 11 is 5.51. The van der Waals surface area contributed by atoms with E-state index in [0.717, 1.165) is 32.1 Å². The zero-order valence-electron chi connectivity index (χ0n) is 8.64. The minimum absolute atomic E-state index is 0.237. The van der Waals surface area contributed by atoms with Gasteiger partial charge in [0, 0.05) is 5.88 Å². The fourth-order valence-electron chi connectivity index (χ4n) is 0.982. The van der Waals surface area contributed by atoms with Gasteiger partial charge in [-0.1, -0.05) is 0 Å². The number of rotatable bonds is 11. The molecule has 2 nitrogen and oxygen atoms in total. The van der Waals surface area contributed by atoms with E-state index in [4.69, 9.17) is 21.4 Å². The average Bonchev–Trinajstić information content (AvgIpc) is 2.21. The van der Waals surface area contributed by atoms with Gasteiger partial charge < -0.3 is 0 Å². The van der Waals surface area contributed by atoms with Gasteiger partial charge in [0.1, 0.15) is 0 Å². The molecule has 0 aromatic carbocycles. The molecule has 0 aromatic rings. The normalized spacial score (nSPS) is 10.7. The average molecular weight is 227 g/mol. The standard InChI is InChI=1S/C10H20ClFO2/c11-7-3-1-5-9-13-14-10-6-2-4-8-12/h1-10H2. The number of halogens is 2. The molecule has 0 N–H and O–H groups in total. The number of hydrogen-bond donors (Lipinski definition) is 0. The molecule has 0 radical (unpaired) electrons. The summed E-state index contributed by atoms with van der Waals surface area (Å²) in [7, 11) is 0. The Hall–Kier alpha value is 0.140. The van der Waals surface area contributed by atoms with Gasteiger partial charge in [0.2, 0.25) is 0 Å². The predicted octanol–water partition coefficient (Wildman–Crippen LogP) is 3.48. The summed E-state index contributed by atoms with van der Waals surface area (Å²) in [5, 5.41) is 0. The van der Waals surface area contributed by atoms with Crippen LogP contribution in [0.3, 0.4) is 0 Å². The number of hydrogen-bond acceptors (Lipinski definition) is 2. The lowest BCUT2D eigenvalue weighted by Gasteiger charge is -2.03. The van der Waals surface area contributed by atoms with Gasteiger partial charge in [0.15, 0.2) is 0 Å². The van der Waals surface area contributed by atoms with Crippen LogP contribution in [0.4, 0.5) is 4.39 Å². The maximum atomic E-state index is 11.7. The third kappa shape index (κ3) is 12.1. The first-order valence-electron chi connectivity index (χ1n) is 5.28. The van der Waals surface area contributed by atoms with E-state index in [-0.39, 0.29) is 6.67 Å². The van der Waals surface area contributed by atoms with Crippen LogP contribution >= 0.6 is 11.6 Å². The molecule has 14 heavy (non-hydrogen) atoms. The van der Waals surface area contributed by atoms with Crippen molar-refractivity contribution in [3.8, 4) is 0 Å². The maximum Gasteiger partial charge on any atom is 0.0894 e. The summed E-state index contributed by atoms with van der Waals surface area (Å²) in [6.45, 7) is 0.953. The largest absolute Gasteiger partial charge is 0.251 e. The summed E-state index contributed by atoms with van der Waals surface area (Å²) in [5.74, 6) is 0.712. The van der Waals surface area contributed by atoms with Crippen molar-refractivity contribution in [2.75, 3.05) is 25.8 Å². The molecule has 0 aliphatic carbocycles. The van der Waals surface area contributed by atoms with Crippen molar-refractivity contribution < 1.29 is 14.2 Å². The van der Waals surface area contributed by atoms with Crippen LogP contribution in [0.2, 0.25) is 0 Å². The highest BCUT2D eigenvalue weighted by atomic mass is 35.5. The lowest BCUT2D eigenvalue weighted by molar-refractivity contribution is -0.295. The van der Waals surface area contributed by atoms with E-state index in [1.165, 1.54) is 0 Å². The minimum atomic E-state index is -0.237. The quantitative estimate of drug-likeness (QED) is 0.232. The Balaban J connectivity index is 2.78. The molecular formula is C10H20ClFO2. The molecule has 0 aliphatic heterocycles. The molecule has 0 rings (SSSR count). The lowest BCUT2D eigenvalue weighted by Crippen LogP contribution is -1.99. The molecule has 0 unspecified atom stereocenters. The Morgan fingerprint density at radius 3 is 1.86 bits per heavy atom. The summed E-state index contributed by atoms with van der Waals surface area (Å²) < 4.78 is 11.7. The van der Waals surface area contributed by atoms with E-state index < -0.39 is 0 Å². The first-order valence-corrected chi connectivity index (χ1v) is 5.81. The smallest absolute Gasteiger partial charge is 0.0894 e. The summed E-state index contributed by atoms with van der Waals surface area (Å²) in [6, 6.07) is 0.